The van der Waals surface area contributed by atoms with E-state index in [1.807, 2.05) is 0 Å². The molecule has 39 heavy (non-hydrogen) atoms. The Morgan fingerprint density at radius 2 is 1.44 bits per heavy atom. The van der Waals surface area contributed by atoms with Gasteiger partial charge in [0, 0.05) is 19.5 Å². The summed E-state index contributed by atoms with van der Waals surface area (Å²) in [5.74, 6) is -2.72. The standard InChI is InChI=1S/C27H25N3O9/c1-3-20(32)28-19-14-15-30(27(35)29-19)23-21(37-24(33)17-10-6-4-7-11-17)22(26(39-23)36-16(2)31)38-25(34)18-12-8-5-9-13-18/h4-15,21-23,26H,3H2,1-2H3,(H,28,29,32,35)/t21-,22-,23+,26?/m0/s1. The van der Waals surface area contributed by atoms with Gasteiger partial charge in [0.25, 0.3) is 0 Å². The summed E-state index contributed by atoms with van der Waals surface area (Å²) in [4.78, 5) is 66.3. The van der Waals surface area contributed by atoms with Crippen LogP contribution in [0.15, 0.2) is 77.7 Å². The second kappa shape index (κ2) is 12.1. The number of amides is 1. The zero-order valence-corrected chi connectivity index (χ0v) is 21.0. The summed E-state index contributed by atoms with van der Waals surface area (Å²) in [5.41, 5.74) is -0.500. The molecule has 1 aromatic heterocycles. The van der Waals surface area contributed by atoms with Crippen LogP contribution in [-0.2, 0) is 28.5 Å². The van der Waals surface area contributed by atoms with Crippen LogP contribution >= 0.6 is 0 Å². The van der Waals surface area contributed by atoms with Crippen molar-refractivity contribution in [2.75, 3.05) is 5.32 Å². The van der Waals surface area contributed by atoms with E-state index in [4.69, 9.17) is 18.9 Å². The van der Waals surface area contributed by atoms with E-state index in [-0.39, 0.29) is 29.3 Å². The van der Waals surface area contributed by atoms with Crippen molar-refractivity contribution in [2.24, 2.45) is 0 Å². The Hall–Kier alpha value is -4.84. The summed E-state index contributed by atoms with van der Waals surface area (Å²) in [5, 5.41) is 2.47. The van der Waals surface area contributed by atoms with Crippen LogP contribution in [0.3, 0.4) is 0 Å². The van der Waals surface area contributed by atoms with E-state index in [2.05, 4.69) is 10.3 Å². The number of benzene rings is 2. The number of nitrogens with one attached hydrogen (secondary N) is 1. The van der Waals surface area contributed by atoms with Gasteiger partial charge in [-0.2, -0.15) is 4.98 Å². The van der Waals surface area contributed by atoms with E-state index in [1.54, 1.807) is 43.3 Å². The number of esters is 3. The summed E-state index contributed by atoms with van der Waals surface area (Å²) < 4.78 is 23.4. The Balaban J connectivity index is 1.72. The minimum Gasteiger partial charge on any atom is -0.450 e. The number of carbonyl (C=O) groups excluding carboxylic acids is 4. The highest BCUT2D eigenvalue weighted by atomic mass is 16.8. The molecule has 0 radical (unpaired) electrons. The van der Waals surface area contributed by atoms with Crippen LogP contribution in [0, 0.1) is 0 Å². The van der Waals surface area contributed by atoms with E-state index >= 15 is 0 Å². The predicted octanol–water partition coefficient (Wildman–Crippen LogP) is 2.46. The molecule has 0 saturated carbocycles. The molecule has 12 heteroatoms. The Labute approximate surface area is 222 Å². The summed E-state index contributed by atoms with van der Waals surface area (Å²) in [6.45, 7) is 2.76. The van der Waals surface area contributed by atoms with Gasteiger partial charge in [-0.15, -0.1) is 0 Å². The molecule has 1 aliphatic rings. The molecular weight excluding hydrogens is 510 g/mol. The number of carbonyl (C=O) groups is 4. The van der Waals surface area contributed by atoms with Crippen LogP contribution < -0.4 is 11.0 Å². The van der Waals surface area contributed by atoms with Crippen LogP contribution in [0.2, 0.25) is 0 Å². The van der Waals surface area contributed by atoms with Crippen molar-refractivity contribution in [3.63, 3.8) is 0 Å². The van der Waals surface area contributed by atoms with Crippen molar-refractivity contribution in [1.82, 2.24) is 9.55 Å². The zero-order valence-electron chi connectivity index (χ0n) is 21.0. The molecule has 2 aromatic carbocycles. The normalized spacial score (nSPS) is 20.1. The molecule has 4 rings (SSSR count). The smallest absolute Gasteiger partial charge is 0.351 e. The quantitative estimate of drug-likeness (QED) is 0.336. The lowest BCUT2D eigenvalue weighted by molar-refractivity contribution is -0.191. The van der Waals surface area contributed by atoms with Gasteiger partial charge >= 0.3 is 23.6 Å². The first kappa shape index (κ1) is 27.2. The Morgan fingerprint density at radius 3 is 1.95 bits per heavy atom. The van der Waals surface area contributed by atoms with Gasteiger partial charge < -0.3 is 24.3 Å². The third-order valence-electron chi connectivity index (χ3n) is 5.63. The van der Waals surface area contributed by atoms with Gasteiger partial charge in [-0.25, -0.2) is 14.4 Å². The van der Waals surface area contributed by atoms with Gasteiger partial charge in [-0.3, -0.25) is 14.2 Å². The maximum atomic E-state index is 13.0. The summed E-state index contributed by atoms with van der Waals surface area (Å²) >= 11 is 0. The van der Waals surface area contributed by atoms with E-state index in [9.17, 15) is 24.0 Å². The lowest BCUT2D eigenvalue weighted by atomic mass is 10.1. The van der Waals surface area contributed by atoms with Crippen LogP contribution in [0.5, 0.6) is 0 Å². The maximum absolute atomic E-state index is 13.0. The zero-order chi connectivity index (χ0) is 27.9. The van der Waals surface area contributed by atoms with Crippen molar-refractivity contribution in [1.29, 1.82) is 0 Å². The summed E-state index contributed by atoms with van der Waals surface area (Å²) in [7, 11) is 0. The third kappa shape index (κ3) is 6.54. The van der Waals surface area contributed by atoms with E-state index in [0.717, 1.165) is 11.5 Å². The van der Waals surface area contributed by atoms with Crippen molar-refractivity contribution < 1.29 is 38.1 Å². The molecule has 1 aliphatic heterocycles. The second-order valence-corrected chi connectivity index (χ2v) is 8.38. The van der Waals surface area contributed by atoms with Crippen molar-refractivity contribution in [3.05, 3.63) is 94.5 Å². The second-order valence-electron chi connectivity index (χ2n) is 8.38. The van der Waals surface area contributed by atoms with Crippen LogP contribution in [0.4, 0.5) is 5.82 Å². The van der Waals surface area contributed by atoms with Crippen LogP contribution in [0.1, 0.15) is 47.2 Å². The highest BCUT2D eigenvalue weighted by Crippen LogP contribution is 2.35. The topological polar surface area (TPSA) is 152 Å². The van der Waals surface area contributed by atoms with Crippen molar-refractivity contribution >= 4 is 29.6 Å². The highest BCUT2D eigenvalue weighted by Gasteiger charge is 2.53. The van der Waals surface area contributed by atoms with Crippen LogP contribution in [0.25, 0.3) is 0 Å². The number of hydrogen-bond acceptors (Lipinski definition) is 10. The van der Waals surface area contributed by atoms with Gasteiger partial charge in [0.2, 0.25) is 18.3 Å². The van der Waals surface area contributed by atoms with Crippen molar-refractivity contribution in [2.45, 2.75) is 45.0 Å². The maximum Gasteiger partial charge on any atom is 0.351 e. The monoisotopic (exact) mass is 535 g/mol. The minimum absolute atomic E-state index is 0.00233. The lowest BCUT2D eigenvalue weighted by Crippen LogP contribution is -2.42. The molecule has 0 aliphatic carbocycles. The number of hydrogen-bond donors (Lipinski definition) is 1. The lowest BCUT2D eigenvalue weighted by Gasteiger charge is -2.24. The van der Waals surface area contributed by atoms with Gasteiger partial charge in [0.15, 0.2) is 12.3 Å². The fraction of sp³-hybridized carbons (Fsp3) is 0.259. The van der Waals surface area contributed by atoms with Gasteiger partial charge in [0.1, 0.15) is 5.82 Å². The van der Waals surface area contributed by atoms with Gasteiger partial charge in [-0.1, -0.05) is 43.3 Å². The average Bonchev–Trinajstić information content (AvgIpc) is 3.24. The summed E-state index contributed by atoms with van der Waals surface area (Å²) in [6.07, 6.45) is -4.39. The number of ether oxygens (including phenoxy) is 4. The first-order valence-electron chi connectivity index (χ1n) is 12.0. The Morgan fingerprint density at radius 1 is 0.872 bits per heavy atom. The van der Waals surface area contributed by atoms with Gasteiger partial charge in [0.05, 0.1) is 11.1 Å². The molecule has 0 spiro atoms. The SMILES string of the molecule is CCC(=O)Nc1ccn([C@@H]2OC(OC(C)=O)[C@@H](OC(=O)c3ccccc3)[C@@H]2OC(=O)c2ccccc2)c(=O)n1. The number of nitrogens with zero attached hydrogens (tertiary/aromatic N) is 2. The molecule has 1 saturated heterocycles. The molecule has 202 valence electrons. The minimum atomic E-state index is -1.53. The molecule has 2 heterocycles. The predicted molar refractivity (Wildman–Crippen MR) is 134 cm³/mol. The molecule has 1 N–H and O–H groups in total. The van der Waals surface area contributed by atoms with E-state index in [1.165, 1.54) is 36.5 Å². The first-order chi connectivity index (χ1) is 18.8. The fourth-order valence-corrected chi connectivity index (χ4v) is 3.78. The number of rotatable bonds is 8. The van der Waals surface area contributed by atoms with E-state index < -0.39 is 48.3 Å². The molecular formula is C27H25N3O9. The van der Waals surface area contributed by atoms with E-state index in [0.29, 0.717) is 0 Å². The number of anilines is 1. The first-order valence-corrected chi connectivity index (χ1v) is 12.0. The third-order valence-corrected chi connectivity index (χ3v) is 5.63. The fourth-order valence-electron chi connectivity index (χ4n) is 3.78. The van der Waals surface area contributed by atoms with Crippen LogP contribution in [-0.4, -0.2) is 51.9 Å². The Kier molecular flexibility index (Phi) is 8.46. The molecule has 4 atom stereocenters. The summed E-state index contributed by atoms with van der Waals surface area (Å²) in [6, 6.07) is 17.3. The molecule has 1 amide bonds. The van der Waals surface area contributed by atoms with Gasteiger partial charge in [-0.05, 0) is 30.3 Å². The molecule has 1 fully saturated rings. The average molecular weight is 536 g/mol. The molecule has 0 bridgehead atoms. The Bertz CT molecular complexity index is 1410. The largest absolute Gasteiger partial charge is 0.450 e. The van der Waals surface area contributed by atoms with Crippen molar-refractivity contribution in [3.8, 4) is 0 Å². The molecule has 12 nitrogen and oxygen atoms in total. The number of aromatic nitrogens is 2. The molecule has 1 unspecified atom stereocenters. The highest BCUT2D eigenvalue weighted by molar-refractivity contribution is 5.90. The molecule has 3 aromatic rings.